The number of halogens is 1. The van der Waals surface area contributed by atoms with Crippen LogP contribution in [0.2, 0.25) is 5.02 Å². The molecule has 0 aliphatic carbocycles. The van der Waals surface area contributed by atoms with Crippen molar-refractivity contribution in [3.8, 4) is 0 Å². The van der Waals surface area contributed by atoms with Crippen LogP contribution in [0, 0.1) is 6.92 Å². The van der Waals surface area contributed by atoms with Gasteiger partial charge >= 0.3 is 0 Å². The molecule has 0 saturated carbocycles. The van der Waals surface area contributed by atoms with Crippen molar-refractivity contribution in [1.29, 1.82) is 0 Å². The van der Waals surface area contributed by atoms with E-state index >= 15 is 0 Å². The molecule has 1 aromatic heterocycles. The minimum Gasteiger partial charge on any atom is -0.386 e. The van der Waals surface area contributed by atoms with Gasteiger partial charge in [0, 0.05) is 16.8 Å². The van der Waals surface area contributed by atoms with Crippen LogP contribution >= 0.6 is 22.9 Å². The van der Waals surface area contributed by atoms with E-state index in [0.717, 1.165) is 16.3 Å². The number of aliphatic hydroxyl groups is 1. The highest BCUT2D eigenvalue weighted by Crippen LogP contribution is 2.21. The lowest BCUT2D eigenvalue weighted by molar-refractivity contribution is 0.174. The molecule has 1 N–H and O–H groups in total. The molecule has 0 spiro atoms. The fraction of sp³-hybridized carbons (Fsp3) is 0.250. The molecule has 0 amide bonds. The third-order valence-corrected chi connectivity index (χ3v) is 3.36. The topological polar surface area (TPSA) is 33.1 Å². The number of benzene rings is 1. The van der Waals surface area contributed by atoms with Crippen molar-refractivity contribution in [3.05, 3.63) is 50.9 Å². The predicted molar refractivity (Wildman–Crippen MR) is 67.0 cm³/mol. The van der Waals surface area contributed by atoms with Gasteiger partial charge in [0.05, 0.1) is 10.7 Å². The molecule has 4 heteroatoms. The maximum atomic E-state index is 9.97. The van der Waals surface area contributed by atoms with Gasteiger partial charge in [-0.25, -0.2) is 4.98 Å². The molecule has 0 bridgehead atoms. The molecule has 2 nitrogen and oxygen atoms in total. The van der Waals surface area contributed by atoms with Gasteiger partial charge in [-0.15, -0.1) is 11.3 Å². The Morgan fingerprint density at radius 1 is 1.38 bits per heavy atom. The largest absolute Gasteiger partial charge is 0.386 e. The van der Waals surface area contributed by atoms with Gasteiger partial charge in [-0.05, 0) is 24.6 Å². The number of aromatic nitrogens is 1. The van der Waals surface area contributed by atoms with Gasteiger partial charge in [0.25, 0.3) is 0 Å². The summed E-state index contributed by atoms with van der Waals surface area (Å²) >= 11 is 7.35. The number of rotatable bonds is 3. The maximum Gasteiger partial charge on any atom is 0.101 e. The third kappa shape index (κ3) is 2.82. The minimum atomic E-state index is -0.536. The second-order valence-electron chi connectivity index (χ2n) is 3.64. The molecule has 1 atom stereocenters. The quantitative estimate of drug-likeness (QED) is 0.910. The number of hydrogen-bond donors (Lipinski definition) is 1. The van der Waals surface area contributed by atoms with Crippen molar-refractivity contribution in [2.24, 2.45) is 0 Å². The van der Waals surface area contributed by atoms with Crippen LogP contribution < -0.4 is 0 Å². The Bertz CT molecular complexity index is 466. The number of thiazole rings is 1. The SMILES string of the molecule is Cc1nc(C(O)Cc2ccc(Cl)cc2)cs1. The Balaban J connectivity index is 2.07. The van der Waals surface area contributed by atoms with Gasteiger partial charge in [0.1, 0.15) is 6.10 Å². The molecule has 1 unspecified atom stereocenters. The summed E-state index contributed by atoms with van der Waals surface area (Å²) in [6, 6.07) is 7.50. The first-order chi connectivity index (χ1) is 7.65. The van der Waals surface area contributed by atoms with Gasteiger partial charge in [-0.3, -0.25) is 0 Å². The van der Waals surface area contributed by atoms with E-state index in [0.29, 0.717) is 11.4 Å². The molecule has 16 heavy (non-hydrogen) atoms. The second-order valence-corrected chi connectivity index (χ2v) is 5.14. The number of nitrogens with zero attached hydrogens (tertiary/aromatic N) is 1. The molecule has 1 heterocycles. The molecular formula is C12H12ClNOS. The van der Waals surface area contributed by atoms with Crippen molar-refractivity contribution in [2.75, 3.05) is 0 Å². The Kier molecular flexibility index (Phi) is 3.59. The molecule has 0 fully saturated rings. The zero-order valence-electron chi connectivity index (χ0n) is 8.85. The van der Waals surface area contributed by atoms with E-state index in [1.807, 2.05) is 36.6 Å². The van der Waals surface area contributed by atoms with Crippen LogP contribution in [0.15, 0.2) is 29.6 Å². The molecule has 0 aliphatic heterocycles. The first-order valence-corrected chi connectivity index (χ1v) is 6.25. The van der Waals surface area contributed by atoms with Crippen LogP contribution in [0.4, 0.5) is 0 Å². The minimum absolute atomic E-state index is 0.536. The van der Waals surface area contributed by atoms with Crippen LogP contribution in [0.3, 0.4) is 0 Å². The van der Waals surface area contributed by atoms with E-state index in [1.165, 1.54) is 0 Å². The highest BCUT2D eigenvalue weighted by atomic mass is 35.5. The molecule has 1 aromatic carbocycles. The molecule has 0 saturated heterocycles. The first-order valence-electron chi connectivity index (χ1n) is 4.99. The summed E-state index contributed by atoms with van der Waals surface area (Å²) in [6.45, 7) is 1.93. The Morgan fingerprint density at radius 2 is 2.06 bits per heavy atom. The lowest BCUT2D eigenvalue weighted by Crippen LogP contribution is -2.02. The fourth-order valence-corrected chi connectivity index (χ4v) is 2.27. The van der Waals surface area contributed by atoms with Crippen LogP contribution in [0.1, 0.15) is 22.4 Å². The summed E-state index contributed by atoms with van der Waals surface area (Å²) in [4.78, 5) is 4.27. The van der Waals surface area contributed by atoms with Gasteiger partial charge in [0.15, 0.2) is 0 Å². The summed E-state index contributed by atoms with van der Waals surface area (Å²) in [5.41, 5.74) is 1.81. The molecule has 2 rings (SSSR count). The normalized spacial score (nSPS) is 12.7. The average Bonchev–Trinajstić information content (AvgIpc) is 2.68. The van der Waals surface area contributed by atoms with Crippen molar-refractivity contribution < 1.29 is 5.11 Å². The van der Waals surface area contributed by atoms with E-state index < -0.39 is 6.10 Å². The number of hydrogen-bond acceptors (Lipinski definition) is 3. The van der Waals surface area contributed by atoms with Crippen molar-refractivity contribution in [3.63, 3.8) is 0 Å². The van der Waals surface area contributed by atoms with Crippen molar-refractivity contribution >= 4 is 22.9 Å². The second kappa shape index (κ2) is 4.95. The third-order valence-electron chi connectivity index (χ3n) is 2.32. The van der Waals surface area contributed by atoms with Gasteiger partial charge in [-0.1, -0.05) is 23.7 Å². The van der Waals surface area contributed by atoms with Crippen LogP contribution in [0.5, 0.6) is 0 Å². The Hall–Kier alpha value is -0.900. The highest BCUT2D eigenvalue weighted by Gasteiger charge is 2.11. The zero-order chi connectivity index (χ0) is 11.5. The van der Waals surface area contributed by atoms with Crippen LogP contribution in [-0.4, -0.2) is 10.1 Å². The van der Waals surface area contributed by atoms with Crippen LogP contribution in [-0.2, 0) is 6.42 Å². The summed E-state index contributed by atoms with van der Waals surface area (Å²) in [7, 11) is 0. The van der Waals surface area contributed by atoms with Crippen molar-refractivity contribution in [1.82, 2.24) is 4.98 Å². The summed E-state index contributed by atoms with van der Waals surface area (Å²) in [6.07, 6.45) is 0.0338. The molecule has 0 radical (unpaired) electrons. The smallest absolute Gasteiger partial charge is 0.101 e. The number of aryl methyl sites for hydroxylation is 1. The highest BCUT2D eigenvalue weighted by molar-refractivity contribution is 7.09. The van der Waals surface area contributed by atoms with E-state index in [4.69, 9.17) is 11.6 Å². The van der Waals surface area contributed by atoms with E-state index in [-0.39, 0.29) is 0 Å². The van der Waals surface area contributed by atoms with Crippen LogP contribution in [0.25, 0.3) is 0 Å². The Morgan fingerprint density at radius 3 is 2.62 bits per heavy atom. The molecule has 84 valence electrons. The molecular weight excluding hydrogens is 242 g/mol. The predicted octanol–water partition coefficient (Wildman–Crippen LogP) is 3.38. The van der Waals surface area contributed by atoms with E-state index in [9.17, 15) is 5.11 Å². The Labute approximate surface area is 104 Å². The van der Waals surface area contributed by atoms with Gasteiger partial charge in [0.2, 0.25) is 0 Å². The summed E-state index contributed by atoms with van der Waals surface area (Å²) in [5.74, 6) is 0. The average molecular weight is 254 g/mol. The van der Waals surface area contributed by atoms with Gasteiger partial charge < -0.3 is 5.11 Å². The van der Waals surface area contributed by atoms with E-state index in [1.54, 1.807) is 11.3 Å². The molecule has 0 aliphatic rings. The number of aliphatic hydroxyl groups excluding tert-OH is 1. The molecule has 2 aromatic rings. The lowest BCUT2D eigenvalue weighted by atomic mass is 10.1. The maximum absolute atomic E-state index is 9.97. The summed E-state index contributed by atoms with van der Waals surface area (Å²) < 4.78 is 0. The van der Waals surface area contributed by atoms with E-state index in [2.05, 4.69) is 4.98 Å². The standard InChI is InChI=1S/C12H12ClNOS/c1-8-14-11(7-16-8)12(15)6-9-2-4-10(13)5-3-9/h2-5,7,12,15H,6H2,1H3. The first kappa shape index (κ1) is 11.6. The lowest BCUT2D eigenvalue weighted by Gasteiger charge is -2.07. The zero-order valence-corrected chi connectivity index (χ0v) is 10.4. The summed E-state index contributed by atoms with van der Waals surface area (Å²) in [5, 5.41) is 13.6. The van der Waals surface area contributed by atoms with Crippen molar-refractivity contribution in [2.45, 2.75) is 19.4 Å². The monoisotopic (exact) mass is 253 g/mol. The fourth-order valence-electron chi connectivity index (χ4n) is 1.48. The van der Waals surface area contributed by atoms with Gasteiger partial charge in [-0.2, -0.15) is 0 Å².